The topological polar surface area (TPSA) is 88.9 Å². The number of hydrogen-bond donors (Lipinski definition) is 2. The Morgan fingerprint density at radius 1 is 1.13 bits per heavy atom. The molecular formula is C20H13F4N5O2. The molecule has 0 radical (unpaired) electrons. The summed E-state index contributed by atoms with van der Waals surface area (Å²) in [5.74, 6) is -0.386. The standard InChI is InChI=1S/C20H13F4N5O2/c1-2-12-5-3-7-14(9-12)26-16(30)11-25-19(31)17-18(20(22,23)24)29(28-27-17)15-8-4-6-13(21)10-15/h1,3-10H,11H2,(H,25,31)(H,26,30). The first-order valence-electron chi connectivity index (χ1n) is 8.62. The van der Waals surface area contributed by atoms with Gasteiger partial charge in [0.25, 0.3) is 5.91 Å². The lowest BCUT2D eigenvalue weighted by atomic mass is 10.2. The first kappa shape index (κ1) is 21.5. The molecule has 0 atom stereocenters. The minimum absolute atomic E-state index is 0.273. The molecule has 3 aromatic rings. The zero-order chi connectivity index (χ0) is 22.6. The maximum absolute atomic E-state index is 13.6. The number of alkyl halides is 3. The van der Waals surface area contributed by atoms with Gasteiger partial charge in [0.1, 0.15) is 5.82 Å². The second-order valence-corrected chi connectivity index (χ2v) is 6.13. The van der Waals surface area contributed by atoms with Crippen molar-refractivity contribution in [3.05, 3.63) is 71.3 Å². The van der Waals surface area contributed by atoms with Crippen LogP contribution in [-0.4, -0.2) is 33.4 Å². The number of carbonyl (C=O) groups excluding carboxylic acids is 2. The first-order chi connectivity index (χ1) is 14.7. The van der Waals surface area contributed by atoms with Gasteiger partial charge < -0.3 is 10.6 Å². The summed E-state index contributed by atoms with van der Waals surface area (Å²) in [5.41, 5.74) is -1.98. The fourth-order valence-corrected chi connectivity index (χ4v) is 2.61. The number of hydrogen-bond acceptors (Lipinski definition) is 4. The van der Waals surface area contributed by atoms with Crippen molar-refractivity contribution in [2.45, 2.75) is 6.18 Å². The molecule has 0 spiro atoms. The molecule has 0 fully saturated rings. The lowest BCUT2D eigenvalue weighted by Crippen LogP contribution is -2.34. The van der Waals surface area contributed by atoms with Crippen LogP contribution in [0, 0.1) is 18.2 Å². The summed E-state index contributed by atoms with van der Waals surface area (Å²) in [4.78, 5) is 24.3. The van der Waals surface area contributed by atoms with Crippen LogP contribution in [0.15, 0.2) is 48.5 Å². The van der Waals surface area contributed by atoms with E-state index in [4.69, 9.17) is 6.42 Å². The van der Waals surface area contributed by atoms with E-state index in [1.54, 1.807) is 18.2 Å². The fraction of sp³-hybridized carbons (Fsp3) is 0.100. The van der Waals surface area contributed by atoms with E-state index in [1.807, 2.05) is 0 Å². The molecule has 11 heteroatoms. The molecule has 1 heterocycles. The number of aromatic nitrogens is 3. The molecule has 0 saturated carbocycles. The van der Waals surface area contributed by atoms with Crippen molar-refractivity contribution >= 4 is 17.5 Å². The largest absolute Gasteiger partial charge is 0.435 e. The molecule has 2 aromatic carbocycles. The zero-order valence-electron chi connectivity index (χ0n) is 15.6. The van der Waals surface area contributed by atoms with E-state index in [9.17, 15) is 27.2 Å². The summed E-state index contributed by atoms with van der Waals surface area (Å²) in [6.07, 6.45) is 0.239. The van der Waals surface area contributed by atoms with Gasteiger partial charge in [0, 0.05) is 11.3 Å². The van der Waals surface area contributed by atoms with Crippen LogP contribution in [0.4, 0.5) is 23.2 Å². The first-order valence-corrected chi connectivity index (χ1v) is 8.62. The van der Waals surface area contributed by atoms with Gasteiger partial charge in [-0.1, -0.05) is 23.3 Å². The molecule has 158 valence electrons. The lowest BCUT2D eigenvalue weighted by molar-refractivity contribution is -0.143. The van der Waals surface area contributed by atoms with Gasteiger partial charge in [-0.05, 0) is 36.4 Å². The van der Waals surface area contributed by atoms with Crippen molar-refractivity contribution < 1.29 is 27.2 Å². The minimum Gasteiger partial charge on any atom is -0.341 e. The normalized spacial score (nSPS) is 10.9. The number of carbonyl (C=O) groups is 2. The van der Waals surface area contributed by atoms with Crippen molar-refractivity contribution in [3.8, 4) is 18.0 Å². The number of halogens is 4. The molecule has 31 heavy (non-hydrogen) atoms. The summed E-state index contributed by atoms with van der Waals surface area (Å²) in [6, 6.07) is 10.5. The molecule has 2 amide bonds. The van der Waals surface area contributed by atoms with Gasteiger partial charge in [0.05, 0.1) is 12.2 Å². The molecule has 1 aromatic heterocycles. The molecule has 0 aliphatic heterocycles. The van der Waals surface area contributed by atoms with E-state index in [1.165, 1.54) is 18.2 Å². The SMILES string of the molecule is C#Cc1cccc(NC(=O)CNC(=O)c2nnn(-c3cccc(F)c3)c2C(F)(F)F)c1. The maximum atomic E-state index is 13.6. The molecule has 3 rings (SSSR count). The highest BCUT2D eigenvalue weighted by Crippen LogP contribution is 2.32. The third kappa shape index (κ3) is 5.05. The van der Waals surface area contributed by atoms with Crippen molar-refractivity contribution in [1.29, 1.82) is 0 Å². The van der Waals surface area contributed by atoms with Gasteiger partial charge >= 0.3 is 6.18 Å². The molecule has 0 aliphatic rings. The smallest absolute Gasteiger partial charge is 0.341 e. The van der Waals surface area contributed by atoms with E-state index in [0.717, 1.165) is 12.1 Å². The highest BCUT2D eigenvalue weighted by Gasteiger charge is 2.42. The quantitative estimate of drug-likeness (QED) is 0.480. The van der Waals surface area contributed by atoms with Crippen molar-refractivity contribution in [2.24, 2.45) is 0 Å². The van der Waals surface area contributed by atoms with Gasteiger partial charge in [-0.2, -0.15) is 13.2 Å². The summed E-state index contributed by atoms with van der Waals surface area (Å²) < 4.78 is 54.4. The molecule has 2 N–H and O–H groups in total. The predicted octanol–water partition coefficient (Wildman–Crippen LogP) is 2.78. The molecule has 0 unspecified atom stereocenters. The molecule has 0 aliphatic carbocycles. The van der Waals surface area contributed by atoms with Gasteiger partial charge in [-0.25, -0.2) is 9.07 Å². The van der Waals surface area contributed by atoms with Crippen molar-refractivity contribution in [1.82, 2.24) is 20.3 Å². The Morgan fingerprint density at radius 2 is 1.87 bits per heavy atom. The Bertz CT molecular complexity index is 1180. The van der Waals surface area contributed by atoms with Crippen LogP contribution in [-0.2, 0) is 11.0 Å². The Morgan fingerprint density at radius 3 is 2.55 bits per heavy atom. The highest BCUT2D eigenvalue weighted by molar-refractivity contribution is 5.99. The Balaban J connectivity index is 1.77. The number of benzene rings is 2. The zero-order valence-corrected chi connectivity index (χ0v) is 15.6. The molecule has 7 nitrogen and oxygen atoms in total. The average molecular weight is 431 g/mol. The van der Waals surface area contributed by atoms with Crippen LogP contribution >= 0.6 is 0 Å². The van der Waals surface area contributed by atoms with Crippen LogP contribution in [0.1, 0.15) is 21.7 Å². The second-order valence-electron chi connectivity index (χ2n) is 6.13. The van der Waals surface area contributed by atoms with Gasteiger partial charge in [-0.3, -0.25) is 9.59 Å². The second kappa shape index (κ2) is 8.66. The number of nitrogens with one attached hydrogen (secondary N) is 2. The Labute approximate surface area is 173 Å². The van der Waals surface area contributed by atoms with E-state index in [2.05, 4.69) is 26.9 Å². The van der Waals surface area contributed by atoms with E-state index >= 15 is 0 Å². The van der Waals surface area contributed by atoms with Crippen LogP contribution in [0.5, 0.6) is 0 Å². The maximum Gasteiger partial charge on any atom is 0.435 e. The van der Waals surface area contributed by atoms with E-state index in [-0.39, 0.29) is 5.69 Å². The molecule has 0 bridgehead atoms. The van der Waals surface area contributed by atoms with Crippen LogP contribution in [0.3, 0.4) is 0 Å². The lowest BCUT2D eigenvalue weighted by Gasteiger charge is -2.11. The fourth-order valence-electron chi connectivity index (χ4n) is 2.61. The summed E-state index contributed by atoms with van der Waals surface area (Å²) >= 11 is 0. The number of terminal acetylenes is 1. The monoisotopic (exact) mass is 431 g/mol. The number of anilines is 1. The summed E-state index contributed by atoms with van der Waals surface area (Å²) in [6.45, 7) is -0.636. The van der Waals surface area contributed by atoms with E-state index < -0.39 is 41.7 Å². The van der Waals surface area contributed by atoms with Gasteiger partial charge in [0.2, 0.25) is 5.91 Å². The van der Waals surface area contributed by atoms with Crippen LogP contribution < -0.4 is 10.6 Å². The van der Waals surface area contributed by atoms with Crippen LogP contribution in [0.25, 0.3) is 5.69 Å². The third-order valence-electron chi connectivity index (χ3n) is 3.93. The van der Waals surface area contributed by atoms with Gasteiger partial charge in [0.15, 0.2) is 11.4 Å². The van der Waals surface area contributed by atoms with Gasteiger partial charge in [-0.15, -0.1) is 11.5 Å². The number of amides is 2. The molecule has 0 saturated heterocycles. The van der Waals surface area contributed by atoms with Crippen molar-refractivity contribution in [2.75, 3.05) is 11.9 Å². The van der Waals surface area contributed by atoms with Crippen LogP contribution in [0.2, 0.25) is 0 Å². The predicted molar refractivity (Wildman–Crippen MR) is 102 cm³/mol. The summed E-state index contributed by atoms with van der Waals surface area (Å²) in [5, 5.41) is 11.1. The van der Waals surface area contributed by atoms with E-state index in [0.29, 0.717) is 15.9 Å². The van der Waals surface area contributed by atoms with Crippen molar-refractivity contribution in [3.63, 3.8) is 0 Å². The number of nitrogens with zero attached hydrogens (tertiary/aromatic N) is 3. The summed E-state index contributed by atoms with van der Waals surface area (Å²) in [7, 11) is 0. The number of rotatable bonds is 5. The third-order valence-corrected chi connectivity index (χ3v) is 3.93. The highest BCUT2D eigenvalue weighted by atomic mass is 19.4. The Kier molecular flexibility index (Phi) is 6.01. The Hall–Kier alpha value is -4.20. The molecular weight excluding hydrogens is 418 g/mol. The average Bonchev–Trinajstić information content (AvgIpc) is 3.18. The minimum atomic E-state index is -5.03.